The van der Waals surface area contributed by atoms with E-state index in [4.69, 9.17) is 14.2 Å². The zero-order valence-electron chi connectivity index (χ0n) is 16.3. The minimum absolute atomic E-state index is 0.121. The Morgan fingerprint density at radius 3 is 1.93 bits per heavy atom. The Kier molecular flexibility index (Phi) is 7.14. The predicted molar refractivity (Wildman–Crippen MR) is 104 cm³/mol. The maximum absolute atomic E-state index is 12.8. The van der Waals surface area contributed by atoms with Gasteiger partial charge in [-0.2, -0.15) is 0 Å². The number of nitrogens with zero attached hydrogens (tertiary/aromatic N) is 1. The number of para-hydroxylation sites is 1. The van der Waals surface area contributed by atoms with Crippen LogP contribution in [-0.4, -0.2) is 44.7 Å². The highest BCUT2D eigenvalue weighted by atomic mass is 16.5. The van der Waals surface area contributed by atoms with Gasteiger partial charge in [0.2, 0.25) is 0 Å². The van der Waals surface area contributed by atoms with Crippen LogP contribution in [0.3, 0.4) is 0 Å². The lowest BCUT2D eigenvalue weighted by molar-refractivity contribution is -0.124. The Bertz CT molecular complexity index is 815. The second-order valence-electron chi connectivity index (χ2n) is 5.91. The van der Waals surface area contributed by atoms with Crippen molar-refractivity contribution in [3.63, 3.8) is 0 Å². The van der Waals surface area contributed by atoms with Gasteiger partial charge in [-0.1, -0.05) is 18.2 Å². The fourth-order valence-electron chi connectivity index (χ4n) is 2.69. The second-order valence-corrected chi connectivity index (χ2v) is 5.91. The third-order valence-corrected chi connectivity index (χ3v) is 4.06. The second kappa shape index (κ2) is 9.55. The Morgan fingerprint density at radius 1 is 0.929 bits per heavy atom. The van der Waals surface area contributed by atoms with Gasteiger partial charge in [-0.15, -0.1) is 0 Å². The first-order valence-corrected chi connectivity index (χ1v) is 8.76. The smallest absolute Gasteiger partial charge is 0.338 e. The molecule has 2 aromatic carbocycles. The van der Waals surface area contributed by atoms with E-state index in [1.54, 1.807) is 11.8 Å². The number of carbonyl (C=O) groups is 3. The summed E-state index contributed by atoms with van der Waals surface area (Å²) in [4.78, 5) is 38.2. The lowest BCUT2D eigenvalue weighted by Gasteiger charge is -2.25. The van der Waals surface area contributed by atoms with Crippen molar-refractivity contribution in [2.24, 2.45) is 0 Å². The van der Waals surface area contributed by atoms with Gasteiger partial charge in [-0.25, -0.2) is 9.59 Å². The minimum atomic E-state index is -0.849. The fourth-order valence-corrected chi connectivity index (χ4v) is 2.69. The molecule has 0 spiro atoms. The third-order valence-electron chi connectivity index (χ3n) is 4.06. The summed E-state index contributed by atoms with van der Waals surface area (Å²) < 4.78 is 15.2. The molecule has 2 aromatic rings. The number of carbonyl (C=O) groups excluding carboxylic acids is 3. The number of esters is 2. The van der Waals surface area contributed by atoms with Crippen LogP contribution in [0.15, 0.2) is 48.5 Å². The molecule has 148 valence electrons. The number of hydrogen-bond acceptors (Lipinski definition) is 6. The van der Waals surface area contributed by atoms with Crippen LogP contribution in [-0.2, 0) is 14.3 Å². The highest BCUT2D eigenvalue weighted by Crippen LogP contribution is 2.22. The molecule has 0 saturated heterocycles. The average molecular weight is 385 g/mol. The monoisotopic (exact) mass is 385 g/mol. The van der Waals surface area contributed by atoms with Crippen LogP contribution >= 0.6 is 0 Å². The van der Waals surface area contributed by atoms with E-state index in [1.807, 2.05) is 37.3 Å². The van der Waals surface area contributed by atoms with Crippen molar-refractivity contribution in [1.29, 1.82) is 0 Å². The van der Waals surface area contributed by atoms with Gasteiger partial charge in [-0.3, -0.25) is 4.79 Å². The SMILES string of the molecule is CCN(C(=O)[C@@H](C)Oc1cc(C(=O)OC)cc(C(=O)OC)c1)c1ccccc1. The van der Waals surface area contributed by atoms with Gasteiger partial charge in [0, 0.05) is 12.2 Å². The van der Waals surface area contributed by atoms with Crippen LogP contribution in [0.25, 0.3) is 0 Å². The van der Waals surface area contributed by atoms with Gasteiger partial charge < -0.3 is 19.1 Å². The third kappa shape index (κ3) is 4.88. The number of amides is 1. The molecule has 0 fully saturated rings. The summed E-state index contributed by atoms with van der Waals surface area (Å²) in [5.41, 5.74) is 0.995. The largest absolute Gasteiger partial charge is 0.481 e. The van der Waals surface area contributed by atoms with E-state index in [0.717, 1.165) is 5.69 Å². The predicted octanol–water partition coefficient (Wildman–Crippen LogP) is 3.08. The van der Waals surface area contributed by atoms with E-state index < -0.39 is 18.0 Å². The normalized spacial score (nSPS) is 11.3. The summed E-state index contributed by atoms with van der Waals surface area (Å²) in [5, 5.41) is 0. The van der Waals surface area contributed by atoms with E-state index >= 15 is 0 Å². The molecule has 0 aliphatic rings. The summed E-state index contributed by atoms with van der Waals surface area (Å²) in [6.45, 7) is 3.94. The average Bonchev–Trinajstić information content (AvgIpc) is 2.73. The van der Waals surface area contributed by atoms with Gasteiger partial charge in [0.25, 0.3) is 5.91 Å². The van der Waals surface area contributed by atoms with Crippen molar-refractivity contribution in [2.45, 2.75) is 20.0 Å². The lowest BCUT2D eigenvalue weighted by Crippen LogP contribution is -2.40. The summed E-state index contributed by atoms with van der Waals surface area (Å²) >= 11 is 0. The first-order valence-electron chi connectivity index (χ1n) is 8.76. The molecular weight excluding hydrogens is 362 g/mol. The fraction of sp³-hybridized carbons (Fsp3) is 0.286. The van der Waals surface area contributed by atoms with Crippen LogP contribution in [0.4, 0.5) is 5.69 Å². The van der Waals surface area contributed by atoms with Crippen molar-refractivity contribution in [2.75, 3.05) is 25.7 Å². The molecule has 0 aromatic heterocycles. The molecule has 1 amide bonds. The van der Waals surface area contributed by atoms with Crippen molar-refractivity contribution in [3.05, 3.63) is 59.7 Å². The van der Waals surface area contributed by atoms with Gasteiger partial charge >= 0.3 is 11.9 Å². The van der Waals surface area contributed by atoms with Gasteiger partial charge in [0.1, 0.15) is 5.75 Å². The van der Waals surface area contributed by atoms with Crippen LogP contribution in [0.2, 0.25) is 0 Å². The van der Waals surface area contributed by atoms with Crippen LogP contribution in [0, 0.1) is 0 Å². The molecule has 0 bridgehead atoms. The van der Waals surface area contributed by atoms with Crippen LogP contribution in [0.1, 0.15) is 34.6 Å². The number of ether oxygens (including phenoxy) is 3. The molecule has 0 heterocycles. The number of hydrogen-bond donors (Lipinski definition) is 0. The maximum atomic E-state index is 12.8. The van der Waals surface area contributed by atoms with Crippen molar-refractivity contribution >= 4 is 23.5 Å². The maximum Gasteiger partial charge on any atom is 0.338 e. The van der Waals surface area contributed by atoms with Gasteiger partial charge in [0.15, 0.2) is 6.10 Å². The Labute approximate surface area is 163 Å². The topological polar surface area (TPSA) is 82.1 Å². The number of methoxy groups -OCH3 is 2. The molecule has 0 aliphatic heterocycles. The summed E-state index contributed by atoms with van der Waals surface area (Å²) in [6.07, 6.45) is -0.849. The molecule has 0 radical (unpaired) electrons. The highest BCUT2D eigenvalue weighted by Gasteiger charge is 2.23. The van der Waals surface area contributed by atoms with Crippen molar-refractivity contribution < 1.29 is 28.6 Å². The quantitative estimate of drug-likeness (QED) is 0.681. The van der Waals surface area contributed by atoms with E-state index in [2.05, 4.69) is 0 Å². The lowest BCUT2D eigenvalue weighted by atomic mass is 10.1. The molecule has 0 saturated carbocycles. The summed E-state index contributed by atoms with van der Waals surface area (Å²) in [5.74, 6) is -1.33. The molecule has 7 heteroatoms. The molecule has 0 unspecified atom stereocenters. The number of benzene rings is 2. The molecule has 0 aliphatic carbocycles. The summed E-state index contributed by atoms with van der Waals surface area (Å²) in [6, 6.07) is 13.4. The molecule has 7 nitrogen and oxygen atoms in total. The Hall–Kier alpha value is -3.35. The van der Waals surface area contributed by atoms with Gasteiger partial charge in [0.05, 0.1) is 25.3 Å². The van der Waals surface area contributed by atoms with E-state index in [9.17, 15) is 14.4 Å². The zero-order chi connectivity index (χ0) is 20.7. The van der Waals surface area contributed by atoms with E-state index in [1.165, 1.54) is 32.4 Å². The van der Waals surface area contributed by atoms with Gasteiger partial charge in [-0.05, 0) is 44.2 Å². The molecule has 1 atom stereocenters. The molecular formula is C21H23NO6. The molecule has 2 rings (SSSR count). The first-order chi connectivity index (χ1) is 13.4. The molecule has 0 N–H and O–H groups in total. The molecule has 28 heavy (non-hydrogen) atoms. The number of likely N-dealkylation sites (N-methyl/N-ethyl adjacent to an activating group) is 1. The van der Waals surface area contributed by atoms with Crippen LogP contribution in [0.5, 0.6) is 5.75 Å². The van der Waals surface area contributed by atoms with Crippen molar-refractivity contribution in [1.82, 2.24) is 0 Å². The first kappa shape index (κ1) is 21.0. The minimum Gasteiger partial charge on any atom is -0.481 e. The number of rotatable bonds is 7. The van der Waals surface area contributed by atoms with Crippen molar-refractivity contribution in [3.8, 4) is 5.75 Å². The zero-order valence-corrected chi connectivity index (χ0v) is 16.3. The Morgan fingerprint density at radius 2 is 1.46 bits per heavy atom. The van der Waals surface area contributed by atoms with Crippen LogP contribution < -0.4 is 9.64 Å². The number of anilines is 1. The Balaban J connectivity index is 2.28. The van der Waals surface area contributed by atoms with E-state index in [-0.39, 0.29) is 22.8 Å². The van der Waals surface area contributed by atoms with E-state index in [0.29, 0.717) is 6.54 Å². The highest BCUT2D eigenvalue weighted by molar-refractivity contribution is 5.97. The standard InChI is InChI=1S/C21H23NO6/c1-5-22(17-9-7-6-8-10-17)19(23)14(2)28-18-12-15(20(24)26-3)11-16(13-18)21(25)27-4/h6-14H,5H2,1-4H3/t14-/m1/s1. The summed E-state index contributed by atoms with van der Waals surface area (Å²) in [7, 11) is 2.47.